The smallest absolute Gasteiger partial charge is 0.237 e. The first-order valence-electron chi connectivity index (χ1n) is 4.60. The quantitative estimate of drug-likeness (QED) is 0.674. The second-order valence-corrected chi connectivity index (χ2v) is 3.16. The molecule has 2 atom stereocenters. The summed E-state index contributed by atoms with van der Waals surface area (Å²) < 4.78 is 10.5. The Morgan fingerprint density at radius 2 is 2.50 bits per heavy atom. The third kappa shape index (κ3) is 3.32. The molecule has 1 heterocycles. The summed E-state index contributed by atoms with van der Waals surface area (Å²) in [5.41, 5.74) is 0. The van der Waals surface area contributed by atoms with Crippen LogP contribution in [-0.4, -0.2) is 38.4 Å². The van der Waals surface area contributed by atoms with Crippen LogP contribution < -0.4 is 5.32 Å². The summed E-state index contributed by atoms with van der Waals surface area (Å²) in [4.78, 5) is 11.2. The first kappa shape index (κ1) is 11.0. The minimum absolute atomic E-state index is 0.0846. The second-order valence-electron chi connectivity index (χ2n) is 3.16. The van der Waals surface area contributed by atoms with Gasteiger partial charge in [0, 0.05) is 6.54 Å². The molecule has 1 amide bonds. The van der Waals surface area contributed by atoms with Gasteiger partial charge < -0.3 is 14.8 Å². The van der Waals surface area contributed by atoms with E-state index in [2.05, 4.69) is 5.32 Å². The fourth-order valence-corrected chi connectivity index (χ4v) is 1.08. The highest BCUT2D eigenvalue weighted by atomic mass is 16.6. The van der Waals surface area contributed by atoms with E-state index in [9.17, 15) is 4.79 Å². The molecular weight excluding hydrogens is 184 g/mol. The van der Waals surface area contributed by atoms with E-state index in [1.165, 1.54) is 0 Å². The number of nitrogens with one attached hydrogen (secondary N) is 1. The van der Waals surface area contributed by atoms with Crippen LogP contribution >= 0.6 is 0 Å². The van der Waals surface area contributed by atoms with Gasteiger partial charge in [-0.25, -0.2) is 0 Å². The van der Waals surface area contributed by atoms with Crippen molar-refractivity contribution in [2.45, 2.75) is 13.0 Å². The highest BCUT2D eigenvalue weighted by Gasteiger charge is 2.17. The van der Waals surface area contributed by atoms with Crippen LogP contribution in [0.3, 0.4) is 0 Å². The first-order valence-corrected chi connectivity index (χ1v) is 4.60. The zero-order chi connectivity index (χ0) is 10.4. The van der Waals surface area contributed by atoms with Crippen molar-refractivity contribution >= 4 is 5.91 Å². The Hall–Kier alpha value is -1.12. The van der Waals surface area contributed by atoms with Crippen molar-refractivity contribution in [1.82, 2.24) is 5.32 Å². The van der Waals surface area contributed by atoms with Crippen molar-refractivity contribution in [3.63, 3.8) is 0 Å². The molecule has 0 aromatic rings. The minimum Gasteiger partial charge on any atom is -0.376 e. The Morgan fingerprint density at radius 1 is 1.71 bits per heavy atom. The summed E-state index contributed by atoms with van der Waals surface area (Å²) in [6, 6.07) is 1.87. The first-order chi connectivity index (χ1) is 6.74. The molecule has 0 spiro atoms. The van der Waals surface area contributed by atoms with E-state index in [-0.39, 0.29) is 12.0 Å². The van der Waals surface area contributed by atoms with Crippen LogP contribution in [0, 0.1) is 17.2 Å². The molecule has 14 heavy (non-hydrogen) atoms. The van der Waals surface area contributed by atoms with E-state index in [1.807, 2.05) is 6.07 Å². The molecular formula is C9H14N2O3. The maximum Gasteiger partial charge on any atom is 0.237 e. The molecule has 1 aliphatic heterocycles. The lowest BCUT2D eigenvalue weighted by Crippen LogP contribution is -2.41. The van der Waals surface area contributed by atoms with Gasteiger partial charge in [0.1, 0.15) is 5.92 Å². The highest BCUT2D eigenvalue weighted by molar-refractivity contribution is 5.80. The molecule has 0 aliphatic carbocycles. The summed E-state index contributed by atoms with van der Waals surface area (Å²) in [6.45, 7) is 3.65. The Labute approximate surface area is 83.0 Å². The molecule has 1 fully saturated rings. The fourth-order valence-electron chi connectivity index (χ4n) is 1.08. The lowest BCUT2D eigenvalue weighted by molar-refractivity contribution is -0.125. The van der Waals surface area contributed by atoms with Crippen molar-refractivity contribution in [1.29, 1.82) is 5.26 Å². The molecule has 1 rings (SSSR count). The molecule has 1 N–H and O–H groups in total. The molecule has 1 aliphatic rings. The van der Waals surface area contributed by atoms with Crippen LogP contribution in [0.4, 0.5) is 0 Å². The van der Waals surface area contributed by atoms with Gasteiger partial charge in [0.25, 0.3) is 0 Å². The standard InChI is InChI=1S/C9H14N2O3/c1-7(4-10)9(12)11-5-8-6-13-2-3-14-8/h7-8H,2-3,5-6H2,1H3,(H,11,12). The van der Waals surface area contributed by atoms with Crippen molar-refractivity contribution in [2.75, 3.05) is 26.4 Å². The third-order valence-corrected chi connectivity index (χ3v) is 1.98. The molecule has 0 bridgehead atoms. The van der Waals surface area contributed by atoms with Gasteiger partial charge in [-0.15, -0.1) is 0 Å². The monoisotopic (exact) mass is 198 g/mol. The number of ether oxygens (including phenoxy) is 2. The minimum atomic E-state index is -0.612. The predicted molar refractivity (Wildman–Crippen MR) is 48.3 cm³/mol. The van der Waals surface area contributed by atoms with Crippen molar-refractivity contribution < 1.29 is 14.3 Å². The second kappa shape index (κ2) is 5.58. The van der Waals surface area contributed by atoms with Gasteiger partial charge in [0.15, 0.2) is 0 Å². The predicted octanol–water partition coefficient (Wildman–Crippen LogP) is -0.322. The summed E-state index contributed by atoms with van der Waals surface area (Å²) in [7, 11) is 0. The zero-order valence-electron chi connectivity index (χ0n) is 8.16. The molecule has 78 valence electrons. The molecule has 0 radical (unpaired) electrons. The van der Waals surface area contributed by atoms with Crippen LogP contribution in [0.2, 0.25) is 0 Å². The maximum absolute atomic E-state index is 11.2. The van der Waals surface area contributed by atoms with Gasteiger partial charge in [-0.2, -0.15) is 5.26 Å². The van der Waals surface area contributed by atoms with E-state index in [1.54, 1.807) is 6.92 Å². The van der Waals surface area contributed by atoms with E-state index >= 15 is 0 Å². The Balaban J connectivity index is 2.19. The number of hydrogen-bond acceptors (Lipinski definition) is 4. The Kier molecular flexibility index (Phi) is 4.36. The number of amides is 1. The molecule has 1 saturated heterocycles. The van der Waals surface area contributed by atoms with Gasteiger partial charge >= 0.3 is 0 Å². The van der Waals surface area contributed by atoms with Crippen LogP contribution in [0.15, 0.2) is 0 Å². The van der Waals surface area contributed by atoms with E-state index in [4.69, 9.17) is 14.7 Å². The zero-order valence-corrected chi connectivity index (χ0v) is 8.16. The van der Waals surface area contributed by atoms with Gasteiger partial charge in [0.05, 0.1) is 32.0 Å². The Morgan fingerprint density at radius 3 is 3.07 bits per heavy atom. The van der Waals surface area contributed by atoms with E-state index < -0.39 is 5.92 Å². The number of carbonyl (C=O) groups excluding carboxylic acids is 1. The van der Waals surface area contributed by atoms with Gasteiger partial charge in [-0.3, -0.25) is 4.79 Å². The Bertz CT molecular complexity index is 231. The third-order valence-electron chi connectivity index (χ3n) is 1.98. The van der Waals surface area contributed by atoms with Crippen LogP contribution in [0.1, 0.15) is 6.92 Å². The van der Waals surface area contributed by atoms with Crippen molar-refractivity contribution in [2.24, 2.45) is 5.92 Å². The SMILES string of the molecule is CC(C#N)C(=O)NCC1COCCO1. The fraction of sp³-hybridized carbons (Fsp3) is 0.778. The van der Waals surface area contributed by atoms with Gasteiger partial charge in [-0.05, 0) is 6.92 Å². The van der Waals surface area contributed by atoms with Crippen molar-refractivity contribution in [3.8, 4) is 6.07 Å². The molecule has 5 nitrogen and oxygen atoms in total. The molecule has 0 saturated carbocycles. The number of nitriles is 1. The van der Waals surface area contributed by atoms with Crippen molar-refractivity contribution in [3.05, 3.63) is 0 Å². The lowest BCUT2D eigenvalue weighted by Gasteiger charge is -2.23. The average Bonchev–Trinajstić information content (AvgIpc) is 2.26. The van der Waals surface area contributed by atoms with E-state index in [0.29, 0.717) is 26.4 Å². The molecule has 0 aromatic carbocycles. The topological polar surface area (TPSA) is 71.4 Å². The summed E-state index contributed by atoms with van der Waals surface area (Å²) >= 11 is 0. The van der Waals surface area contributed by atoms with E-state index in [0.717, 1.165) is 0 Å². The van der Waals surface area contributed by atoms with Crippen LogP contribution in [-0.2, 0) is 14.3 Å². The number of hydrogen-bond donors (Lipinski definition) is 1. The normalized spacial score (nSPS) is 23.6. The maximum atomic E-state index is 11.2. The lowest BCUT2D eigenvalue weighted by atomic mass is 10.2. The molecule has 5 heteroatoms. The average molecular weight is 198 g/mol. The van der Waals surface area contributed by atoms with Crippen LogP contribution in [0.5, 0.6) is 0 Å². The highest BCUT2D eigenvalue weighted by Crippen LogP contribution is 1.99. The number of carbonyl (C=O) groups is 1. The van der Waals surface area contributed by atoms with Crippen LogP contribution in [0.25, 0.3) is 0 Å². The molecule has 0 aromatic heterocycles. The summed E-state index contributed by atoms with van der Waals surface area (Å²) in [6.07, 6.45) is -0.0846. The number of nitrogens with zero attached hydrogens (tertiary/aromatic N) is 1. The number of rotatable bonds is 3. The molecule has 2 unspecified atom stereocenters. The van der Waals surface area contributed by atoms with Gasteiger partial charge in [0.2, 0.25) is 5.91 Å². The largest absolute Gasteiger partial charge is 0.376 e. The summed E-state index contributed by atoms with van der Waals surface area (Å²) in [5.74, 6) is -0.874. The van der Waals surface area contributed by atoms with Gasteiger partial charge in [-0.1, -0.05) is 0 Å². The summed E-state index contributed by atoms with van der Waals surface area (Å²) in [5, 5.41) is 11.1.